The number of carbonyl (C=O) groups excluding carboxylic acids is 1. The van der Waals surface area contributed by atoms with E-state index in [1.807, 2.05) is 18.4 Å². The molecule has 2 N–H and O–H groups in total. The van der Waals surface area contributed by atoms with E-state index in [0.717, 1.165) is 10.7 Å². The Labute approximate surface area is 68.4 Å². The number of hydrogen-bond donors (Lipinski definition) is 2. The summed E-state index contributed by atoms with van der Waals surface area (Å²) in [6, 6.07) is 1.79. The molecule has 1 aliphatic heterocycles. The van der Waals surface area contributed by atoms with Crippen molar-refractivity contribution in [2.45, 2.75) is 13.0 Å². The van der Waals surface area contributed by atoms with E-state index >= 15 is 0 Å². The van der Waals surface area contributed by atoms with Crippen molar-refractivity contribution in [1.82, 2.24) is 0 Å². The van der Waals surface area contributed by atoms with Crippen LogP contribution in [0.15, 0.2) is 11.4 Å². The Bertz CT molecular complexity index is 294. The van der Waals surface area contributed by atoms with E-state index in [0.29, 0.717) is 0 Å². The fourth-order valence-corrected chi connectivity index (χ4v) is 1.85. The molecule has 0 fully saturated rings. The van der Waals surface area contributed by atoms with Gasteiger partial charge in [-0.1, -0.05) is 0 Å². The summed E-state index contributed by atoms with van der Waals surface area (Å²) in [4.78, 5) is 11.1. The molecule has 0 spiro atoms. The Morgan fingerprint density at radius 1 is 1.64 bits per heavy atom. The van der Waals surface area contributed by atoms with Gasteiger partial charge in [-0.15, -0.1) is 11.3 Å². The third-order valence-corrected chi connectivity index (χ3v) is 2.51. The molecule has 0 aromatic carbocycles. The molecule has 58 valence electrons. The Morgan fingerprint density at radius 3 is 3.27 bits per heavy atom. The lowest BCUT2D eigenvalue weighted by atomic mass is 10.2. The largest absolute Gasteiger partial charge is 0.364 e. The van der Waals surface area contributed by atoms with E-state index in [1.54, 1.807) is 11.3 Å². The summed E-state index contributed by atoms with van der Waals surface area (Å²) >= 11 is 1.61. The lowest BCUT2D eigenvalue weighted by molar-refractivity contribution is -0.116. The number of amides is 1. The minimum atomic E-state index is -0.110. The van der Waals surface area contributed by atoms with Crippen molar-refractivity contribution in [2.24, 2.45) is 0 Å². The zero-order valence-corrected chi connectivity index (χ0v) is 6.87. The van der Waals surface area contributed by atoms with Gasteiger partial charge < -0.3 is 10.6 Å². The summed E-state index contributed by atoms with van der Waals surface area (Å²) in [6.07, 6.45) is 0. The highest BCUT2D eigenvalue weighted by Gasteiger charge is 2.21. The summed E-state index contributed by atoms with van der Waals surface area (Å²) in [5.41, 5.74) is 0.901. The van der Waals surface area contributed by atoms with Crippen LogP contribution in [0.4, 0.5) is 10.7 Å². The van der Waals surface area contributed by atoms with Gasteiger partial charge in [0.25, 0.3) is 0 Å². The summed E-state index contributed by atoms with van der Waals surface area (Å²) in [5.74, 6) is 0.0379. The van der Waals surface area contributed by atoms with Crippen LogP contribution in [-0.2, 0) is 4.79 Å². The number of anilines is 2. The van der Waals surface area contributed by atoms with Gasteiger partial charge in [-0.25, -0.2) is 0 Å². The van der Waals surface area contributed by atoms with Crippen molar-refractivity contribution >= 4 is 27.9 Å². The second-order valence-corrected chi connectivity index (χ2v) is 3.43. The average Bonchev–Trinajstić information content (AvgIpc) is 2.36. The monoisotopic (exact) mass is 168 g/mol. The molecule has 0 aliphatic carbocycles. The van der Waals surface area contributed by atoms with Gasteiger partial charge >= 0.3 is 0 Å². The lowest BCUT2D eigenvalue weighted by Crippen LogP contribution is -2.35. The molecule has 2 heterocycles. The molecule has 1 atom stereocenters. The van der Waals surface area contributed by atoms with Crippen molar-refractivity contribution in [1.29, 1.82) is 0 Å². The van der Waals surface area contributed by atoms with Crippen LogP contribution in [0.2, 0.25) is 0 Å². The van der Waals surface area contributed by atoms with Crippen LogP contribution in [0.3, 0.4) is 0 Å². The molecule has 1 unspecified atom stereocenters. The van der Waals surface area contributed by atoms with E-state index in [2.05, 4.69) is 10.6 Å². The van der Waals surface area contributed by atoms with Gasteiger partial charge in [0.2, 0.25) is 5.91 Å². The molecule has 0 radical (unpaired) electrons. The Morgan fingerprint density at radius 2 is 2.45 bits per heavy atom. The first-order valence-electron chi connectivity index (χ1n) is 3.42. The molecule has 0 bridgehead atoms. The quantitative estimate of drug-likeness (QED) is 0.616. The molecule has 2 rings (SSSR count). The van der Waals surface area contributed by atoms with Crippen LogP contribution in [0.25, 0.3) is 0 Å². The highest BCUT2D eigenvalue weighted by Crippen LogP contribution is 2.31. The van der Waals surface area contributed by atoms with E-state index < -0.39 is 0 Å². The fraction of sp³-hybridized carbons (Fsp3) is 0.286. The number of carbonyl (C=O) groups is 1. The molecule has 1 aromatic rings. The Kier molecular flexibility index (Phi) is 1.35. The van der Waals surface area contributed by atoms with Gasteiger partial charge in [-0.2, -0.15) is 0 Å². The van der Waals surface area contributed by atoms with E-state index in [-0.39, 0.29) is 11.9 Å². The molecule has 1 aliphatic rings. The number of hydrogen-bond acceptors (Lipinski definition) is 3. The van der Waals surface area contributed by atoms with Crippen molar-refractivity contribution in [3.8, 4) is 0 Å². The van der Waals surface area contributed by atoms with Crippen LogP contribution < -0.4 is 10.6 Å². The van der Waals surface area contributed by atoms with E-state index in [1.165, 1.54) is 0 Å². The standard InChI is InChI=1S/C7H8N2OS/c1-4-6(10)9-5-2-3-11-7(5)8-4/h2-4,8H,1H3,(H,9,10). The smallest absolute Gasteiger partial charge is 0.246 e. The van der Waals surface area contributed by atoms with Crippen LogP contribution in [0.5, 0.6) is 0 Å². The molecule has 3 nitrogen and oxygen atoms in total. The van der Waals surface area contributed by atoms with Gasteiger partial charge in [-0.3, -0.25) is 4.79 Å². The first kappa shape index (κ1) is 6.67. The fourth-order valence-electron chi connectivity index (χ4n) is 1.02. The highest BCUT2D eigenvalue weighted by atomic mass is 32.1. The molecular formula is C7H8N2OS. The molecule has 1 aromatic heterocycles. The average molecular weight is 168 g/mol. The zero-order chi connectivity index (χ0) is 7.84. The number of rotatable bonds is 0. The minimum absolute atomic E-state index is 0.0379. The second-order valence-electron chi connectivity index (χ2n) is 2.52. The van der Waals surface area contributed by atoms with Crippen molar-refractivity contribution in [3.63, 3.8) is 0 Å². The zero-order valence-electron chi connectivity index (χ0n) is 6.05. The van der Waals surface area contributed by atoms with Crippen molar-refractivity contribution < 1.29 is 4.79 Å². The maximum absolute atomic E-state index is 11.1. The van der Waals surface area contributed by atoms with Crippen LogP contribution >= 0.6 is 11.3 Å². The van der Waals surface area contributed by atoms with Crippen LogP contribution in [-0.4, -0.2) is 11.9 Å². The summed E-state index contributed by atoms with van der Waals surface area (Å²) in [5, 5.41) is 8.90. The van der Waals surface area contributed by atoms with Crippen molar-refractivity contribution in [2.75, 3.05) is 10.6 Å². The third kappa shape index (κ3) is 0.991. The minimum Gasteiger partial charge on any atom is -0.364 e. The summed E-state index contributed by atoms with van der Waals surface area (Å²) in [7, 11) is 0. The van der Waals surface area contributed by atoms with Gasteiger partial charge in [-0.05, 0) is 18.4 Å². The van der Waals surface area contributed by atoms with Gasteiger partial charge in [0.15, 0.2) is 0 Å². The van der Waals surface area contributed by atoms with Gasteiger partial charge in [0, 0.05) is 0 Å². The molecular weight excluding hydrogens is 160 g/mol. The predicted octanol–water partition coefficient (Wildman–Crippen LogP) is 1.50. The molecule has 1 amide bonds. The molecule has 0 saturated carbocycles. The first-order valence-corrected chi connectivity index (χ1v) is 4.30. The normalized spacial score (nSPS) is 21.9. The summed E-state index contributed by atoms with van der Waals surface area (Å²) < 4.78 is 0. The van der Waals surface area contributed by atoms with Gasteiger partial charge in [0.05, 0.1) is 5.69 Å². The molecule has 11 heavy (non-hydrogen) atoms. The first-order chi connectivity index (χ1) is 5.27. The van der Waals surface area contributed by atoms with Crippen LogP contribution in [0, 0.1) is 0 Å². The maximum atomic E-state index is 11.1. The number of thiophene rings is 1. The van der Waals surface area contributed by atoms with E-state index in [9.17, 15) is 4.79 Å². The number of fused-ring (bicyclic) bond motifs is 1. The highest BCUT2D eigenvalue weighted by molar-refractivity contribution is 7.15. The Hall–Kier alpha value is -1.03. The third-order valence-electron chi connectivity index (χ3n) is 1.66. The molecule has 0 saturated heterocycles. The topological polar surface area (TPSA) is 41.1 Å². The van der Waals surface area contributed by atoms with Gasteiger partial charge in [0.1, 0.15) is 11.0 Å². The summed E-state index contributed by atoms with van der Waals surface area (Å²) in [6.45, 7) is 1.85. The van der Waals surface area contributed by atoms with E-state index in [4.69, 9.17) is 0 Å². The Balaban J connectivity index is 2.37. The number of nitrogens with one attached hydrogen (secondary N) is 2. The molecule has 4 heteroatoms. The maximum Gasteiger partial charge on any atom is 0.246 e. The van der Waals surface area contributed by atoms with Crippen LogP contribution in [0.1, 0.15) is 6.92 Å². The predicted molar refractivity (Wildman–Crippen MR) is 46.0 cm³/mol. The lowest BCUT2D eigenvalue weighted by Gasteiger charge is -2.20. The SMILES string of the molecule is CC1Nc2sccc2NC1=O. The van der Waals surface area contributed by atoms with Crippen molar-refractivity contribution in [3.05, 3.63) is 11.4 Å². The second kappa shape index (κ2) is 2.23.